The maximum Gasteiger partial charge on any atom is 0.326 e. The summed E-state index contributed by atoms with van der Waals surface area (Å²) in [6.45, 7) is 7.77. The van der Waals surface area contributed by atoms with E-state index >= 15 is 0 Å². The van der Waals surface area contributed by atoms with E-state index in [-0.39, 0.29) is 68.9 Å². The first-order chi connectivity index (χ1) is 26.9. The molecule has 0 spiro atoms. The molecule has 0 fully saturated rings. The van der Waals surface area contributed by atoms with Gasteiger partial charge in [0.2, 0.25) is 35.4 Å². The third-order valence-corrected chi connectivity index (χ3v) is 8.06. The number of carboxylic acids is 2. The number of rotatable bonds is 28. The number of carbonyl (C=O) groups is 8. The Labute approximate surface area is 336 Å². The van der Waals surface area contributed by atoms with Crippen LogP contribution in [0.25, 0.3) is 0 Å². The summed E-state index contributed by atoms with van der Waals surface area (Å²) in [5.41, 5.74) is 27.0. The maximum absolute atomic E-state index is 13.4. The standard InChI is InChI=1S/C34H63N13O11/c1-16(2)12-21(28(53)42-15-24(49)43-20(32(57)58)9-7-11-41-34(38)39)46-31(56)26(18(5)48)47-30(55)23(14-25(50)51)45-29(54)22(13-17(3)4)44-27(52)19(35)8-6-10-40-33(36)37/h16-23,26,48H,6-15,35H2,1-5H3,(H,42,53)(H,43,49)(H,44,52)(H,45,54)(H,46,56)(H,47,55)(H,50,51)(H,57,58)(H4,36,37,40)(H4,38,39,41)/t18-,19+,20+,21+,22+,23+,26+/m1/s1. The molecule has 0 aromatic carbocycles. The summed E-state index contributed by atoms with van der Waals surface area (Å²) in [4.78, 5) is 110. The number of aliphatic carboxylic acids is 2. The van der Waals surface area contributed by atoms with Crippen molar-refractivity contribution >= 4 is 59.3 Å². The van der Waals surface area contributed by atoms with Crippen LogP contribution in [-0.2, 0) is 38.4 Å². The van der Waals surface area contributed by atoms with Gasteiger partial charge >= 0.3 is 11.9 Å². The molecule has 0 rings (SSSR count). The molecule has 7 atom stereocenters. The van der Waals surface area contributed by atoms with Crippen molar-refractivity contribution in [3.8, 4) is 0 Å². The number of nitrogens with one attached hydrogen (secondary N) is 6. The van der Waals surface area contributed by atoms with Crippen LogP contribution in [0.5, 0.6) is 0 Å². The van der Waals surface area contributed by atoms with E-state index in [4.69, 9.17) is 28.7 Å². The van der Waals surface area contributed by atoms with Gasteiger partial charge in [0.15, 0.2) is 11.9 Å². The minimum Gasteiger partial charge on any atom is -0.481 e. The molecule has 0 aliphatic rings. The van der Waals surface area contributed by atoms with E-state index in [0.717, 1.165) is 6.92 Å². The normalized spacial score (nSPS) is 14.6. The average Bonchev–Trinajstić information content (AvgIpc) is 3.10. The van der Waals surface area contributed by atoms with Gasteiger partial charge in [-0.1, -0.05) is 27.7 Å². The highest BCUT2D eigenvalue weighted by Gasteiger charge is 2.35. The van der Waals surface area contributed by atoms with E-state index in [1.165, 1.54) is 0 Å². The van der Waals surface area contributed by atoms with E-state index in [9.17, 15) is 53.7 Å². The van der Waals surface area contributed by atoms with Gasteiger partial charge in [-0.2, -0.15) is 0 Å². The Bertz CT molecular complexity index is 1470. The van der Waals surface area contributed by atoms with E-state index in [0.29, 0.717) is 6.42 Å². The molecule has 0 aromatic rings. The molecule has 0 aliphatic heterocycles. The summed E-state index contributed by atoms with van der Waals surface area (Å²) in [6.07, 6.45) is -1.76. The van der Waals surface area contributed by atoms with Crippen LogP contribution < -0.4 is 60.6 Å². The molecule has 24 heteroatoms. The second-order valence-corrected chi connectivity index (χ2v) is 14.4. The molecule has 0 aromatic heterocycles. The lowest BCUT2D eigenvalue weighted by Crippen LogP contribution is -2.61. The molecule has 58 heavy (non-hydrogen) atoms. The fraction of sp³-hybridized carbons (Fsp3) is 0.706. The molecule has 19 N–H and O–H groups in total. The fourth-order valence-corrected chi connectivity index (χ4v) is 5.21. The first kappa shape index (κ1) is 52.2. The Kier molecular flexibility index (Phi) is 24.3. The Morgan fingerprint density at radius 1 is 0.586 bits per heavy atom. The Hall–Kier alpha value is -5.78. The van der Waals surface area contributed by atoms with E-state index < -0.39 is 103 Å². The molecule has 330 valence electrons. The molecule has 0 saturated heterocycles. The number of aliphatic hydroxyl groups excluding tert-OH is 1. The summed E-state index contributed by atoms with van der Waals surface area (Å²) >= 11 is 0. The minimum absolute atomic E-state index is 0.0167. The molecule has 0 saturated carbocycles. The Morgan fingerprint density at radius 2 is 1.05 bits per heavy atom. The first-order valence-corrected chi connectivity index (χ1v) is 18.7. The maximum atomic E-state index is 13.4. The Balaban J connectivity index is 5.86. The third kappa shape index (κ3) is 22.7. The van der Waals surface area contributed by atoms with Crippen LogP contribution in [0.2, 0.25) is 0 Å². The number of nitrogens with two attached hydrogens (primary N) is 5. The largest absolute Gasteiger partial charge is 0.481 e. The van der Waals surface area contributed by atoms with Crippen LogP contribution in [0.3, 0.4) is 0 Å². The van der Waals surface area contributed by atoms with Crippen molar-refractivity contribution in [2.24, 2.45) is 50.5 Å². The summed E-state index contributed by atoms with van der Waals surface area (Å²) < 4.78 is 0. The topological polar surface area (TPSA) is 424 Å². The van der Waals surface area contributed by atoms with Crippen molar-refractivity contribution in [2.45, 2.75) is 122 Å². The lowest BCUT2D eigenvalue weighted by Gasteiger charge is -2.28. The van der Waals surface area contributed by atoms with Gasteiger partial charge in [-0.05, 0) is 57.3 Å². The van der Waals surface area contributed by atoms with Crippen molar-refractivity contribution in [3.63, 3.8) is 0 Å². The lowest BCUT2D eigenvalue weighted by molar-refractivity contribution is -0.142. The van der Waals surface area contributed by atoms with Crippen molar-refractivity contribution < 1.29 is 53.7 Å². The van der Waals surface area contributed by atoms with Gasteiger partial charge in [0.05, 0.1) is 25.1 Å². The molecule has 0 radical (unpaired) electrons. The number of carboxylic acid groups (broad SMARTS) is 2. The van der Waals surface area contributed by atoms with Crippen molar-refractivity contribution in [2.75, 3.05) is 19.6 Å². The van der Waals surface area contributed by atoms with Crippen molar-refractivity contribution in [1.29, 1.82) is 0 Å². The Morgan fingerprint density at radius 3 is 1.52 bits per heavy atom. The summed E-state index contributed by atoms with van der Waals surface area (Å²) in [5, 5.41) is 43.5. The van der Waals surface area contributed by atoms with E-state index in [1.807, 2.05) is 0 Å². The van der Waals surface area contributed by atoms with Gasteiger partial charge < -0.3 is 75.9 Å². The minimum atomic E-state index is -1.80. The number of nitrogens with zero attached hydrogens (tertiary/aromatic N) is 2. The molecule has 6 amide bonds. The zero-order valence-corrected chi connectivity index (χ0v) is 33.7. The third-order valence-electron chi connectivity index (χ3n) is 8.06. The van der Waals surface area contributed by atoms with Crippen LogP contribution in [0.4, 0.5) is 0 Å². The molecule has 0 aliphatic carbocycles. The van der Waals surface area contributed by atoms with E-state index in [1.54, 1.807) is 27.7 Å². The summed E-state index contributed by atoms with van der Waals surface area (Å²) in [7, 11) is 0. The van der Waals surface area contributed by atoms with Crippen molar-refractivity contribution in [3.05, 3.63) is 0 Å². The average molecular weight is 830 g/mol. The number of aliphatic imine (C=N–C) groups is 2. The van der Waals surface area contributed by atoms with Crippen LogP contribution in [0.1, 0.15) is 79.6 Å². The monoisotopic (exact) mass is 829 g/mol. The molecule has 0 bridgehead atoms. The lowest BCUT2D eigenvalue weighted by atomic mass is 10.0. The van der Waals surface area contributed by atoms with Gasteiger partial charge in [0.25, 0.3) is 0 Å². The zero-order valence-electron chi connectivity index (χ0n) is 33.7. The number of hydrogen-bond donors (Lipinski definition) is 14. The molecule has 0 heterocycles. The van der Waals surface area contributed by atoms with Gasteiger partial charge in [-0.15, -0.1) is 0 Å². The second-order valence-electron chi connectivity index (χ2n) is 14.4. The SMILES string of the molecule is CC(C)C[C@H](NC(=O)[C@@H](NC(=O)[C@H](CC(=O)O)NC(=O)[C@H](CC(C)C)NC(=O)[C@@H](N)CCCN=C(N)N)[C@@H](C)O)C(=O)NCC(=O)N[C@@H](CCCN=C(N)N)C(=O)O. The zero-order chi connectivity index (χ0) is 44.7. The number of carbonyl (C=O) groups excluding carboxylic acids is 6. The predicted molar refractivity (Wildman–Crippen MR) is 211 cm³/mol. The highest BCUT2D eigenvalue weighted by molar-refractivity contribution is 5.97. The molecule has 0 unspecified atom stereocenters. The quantitative estimate of drug-likeness (QED) is 0.0199. The van der Waals surface area contributed by atoms with Gasteiger partial charge in [-0.3, -0.25) is 43.5 Å². The van der Waals surface area contributed by atoms with Crippen molar-refractivity contribution in [1.82, 2.24) is 31.9 Å². The summed E-state index contributed by atoms with van der Waals surface area (Å²) in [6, 6.07) is -8.51. The highest BCUT2D eigenvalue weighted by atomic mass is 16.4. The van der Waals surface area contributed by atoms with Gasteiger partial charge in [-0.25, -0.2) is 4.79 Å². The second kappa shape index (κ2) is 27.0. The fourth-order valence-electron chi connectivity index (χ4n) is 5.21. The molecular formula is C34H63N13O11. The van der Waals surface area contributed by atoms with Crippen LogP contribution in [0.15, 0.2) is 9.98 Å². The van der Waals surface area contributed by atoms with Gasteiger partial charge in [0, 0.05) is 13.1 Å². The number of hydrogen-bond acceptors (Lipinski definition) is 12. The molecular weight excluding hydrogens is 766 g/mol. The highest BCUT2D eigenvalue weighted by Crippen LogP contribution is 2.10. The molecule has 24 nitrogen and oxygen atoms in total. The predicted octanol–water partition coefficient (Wildman–Crippen LogP) is -5.01. The number of guanidine groups is 2. The first-order valence-electron chi connectivity index (χ1n) is 18.7. The summed E-state index contributed by atoms with van der Waals surface area (Å²) in [5.74, 6) is -9.10. The number of aliphatic hydroxyl groups is 1. The smallest absolute Gasteiger partial charge is 0.326 e. The van der Waals surface area contributed by atoms with Gasteiger partial charge in [0.1, 0.15) is 30.2 Å². The van der Waals surface area contributed by atoms with Crippen LogP contribution >= 0.6 is 0 Å². The van der Waals surface area contributed by atoms with Crippen LogP contribution in [0, 0.1) is 11.8 Å². The van der Waals surface area contributed by atoms with Crippen LogP contribution in [-0.4, -0.2) is 137 Å². The number of amides is 6. The van der Waals surface area contributed by atoms with E-state index in [2.05, 4.69) is 41.9 Å².